The third-order valence-electron chi connectivity index (χ3n) is 3.60. The van der Waals surface area contributed by atoms with Crippen molar-refractivity contribution in [2.45, 2.75) is 38.5 Å². The zero-order valence-electron chi connectivity index (χ0n) is 13.9. The molecule has 0 aliphatic rings. The zero-order chi connectivity index (χ0) is 16.8. The summed E-state index contributed by atoms with van der Waals surface area (Å²) in [5, 5.41) is 7.32. The fraction of sp³-hybridized carbons (Fsp3) is 0.350. The summed E-state index contributed by atoms with van der Waals surface area (Å²) in [5.74, 6) is 0. The van der Waals surface area contributed by atoms with Crippen LogP contribution in [0, 0.1) is 0 Å². The highest BCUT2D eigenvalue weighted by molar-refractivity contribution is 5.50. The van der Waals surface area contributed by atoms with Crippen LogP contribution in [-0.2, 0) is 24.1 Å². The van der Waals surface area contributed by atoms with Crippen LogP contribution in [-0.4, -0.2) is 18.5 Å². The van der Waals surface area contributed by atoms with Crippen molar-refractivity contribution in [1.82, 2.24) is 5.48 Å². The molecule has 0 amide bonds. The number of benzene rings is 2. The fourth-order valence-corrected chi connectivity index (χ4v) is 2.40. The molecule has 0 radical (unpaired) electrons. The van der Waals surface area contributed by atoms with E-state index in [0.29, 0.717) is 6.42 Å². The van der Waals surface area contributed by atoms with E-state index in [1.807, 2.05) is 0 Å². The molecule has 0 aliphatic heterocycles. The molecule has 23 heavy (non-hydrogen) atoms. The first-order valence-electron chi connectivity index (χ1n) is 8.16. The predicted octanol–water partition coefficient (Wildman–Crippen LogP) is 3.98. The lowest BCUT2D eigenvalue weighted by molar-refractivity contribution is -0.107. The number of aldehydes is 1. The summed E-state index contributed by atoms with van der Waals surface area (Å²) < 4.78 is 0. The SMILES string of the molecule is CNO.O=CCCc1ccc(CCCCc2ccccc2)cc1. The van der Waals surface area contributed by atoms with Crippen LogP contribution < -0.4 is 5.48 Å². The van der Waals surface area contributed by atoms with Gasteiger partial charge in [0.1, 0.15) is 6.29 Å². The smallest absolute Gasteiger partial charge is 0.120 e. The largest absolute Gasteiger partial charge is 0.317 e. The van der Waals surface area contributed by atoms with Crippen LogP contribution >= 0.6 is 0 Å². The summed E-state index contributed by atoms with van der Waals surface area (Å²) in [5.41, 5.74) is 5.83. The number of hydrogen-bond donors (Lipinski definition) is 2. The molecule has 0 fully saturated rings. The molecule has 0 spiro atoms. The minimum Gasteiger partial charge on any atom is -0.317 e. The van der Waals surface area contributed by atoms with Gasteiger partial charge in [0.15, 0.2) is 0 Å². The summed E-state index contributed by atoms with van der Waals surface area (Å²) in [7, 11) is 1.43. The van der Waals surface area contributed by atoms with Gasteiger partial charge in [0.2, 0.25) is 0 Å². The second-order valence-corrected chi connectivity index (χ2v) is 5.44. The Morgan fingerprint density at radius 2 is 1.26 bits per heavy atom. The van der Waals surface area contributed by atoms with Gasteiger partial charge in [0, 0.05) is 13.5 Å². The summed E-state index contributed by atoms with van der Waals surface area (Å²) in [6, 6.07) is 19.4. The molecular formula is C20H27NO2. The van der Waals surface area contributed by atoms with Gasteiger partial charge in [0.25, 0.3) is 0 Å². The number of nitrogens with one attached hydrogen (secondary N) is 1. The molecule has 0 heterocycles. The van der Waals surface area contributed by atoms with Crippen LogP contribution in [0.1, 0.15) is 36.0 Å². The average molecular weight is 313 g/mol. The van der Waals surface area contributed by atoms with Crippen molar-refractivity contribution in [2.24, 2.45) is 0 Å². The molecule has 2 aromatic carbocycles. The van der Waals surface area contributed by atoms with Crippen molar-refractivity contribution in [3.05, 3.63) is 71.3 Å². The van der Waals surface area contributed by atoms with Gasteiger partial charge in [-0.15, -0.1) is 0 Å². The Morgan fingerprint density at radius 3 is 1.74 bits per heavy atom. The average Bonchev–Trinajstić information content (AvgIpc) is 2.59. The van der Waals surface area contributed by atoms with E-state index in [4.69, 9.17) is 5.21 Å². The van der Waals surface area contributed by atoms with Gasteiger partial charge >= 0.3 is 0 Å². The Kier molecular flexibility index (Phi) is 10.4. The Morgan fingerprint density at radius 1 is 0.826 bits per heavy atom. The summed E-state index contributed by atoms with van der Waals surface area (Å²) in [6.45, 7) is 0. The minimum absolute atomic E-state index is 0.621. The second kappa shape index (κ2) is 12.6. The maximum Gasteiger partial charge on any atom is 0.120 e. The van der Waals surface area contributed by atoms with Crippen molar-refractivity contribution < 1.29 is 10.0 Å². The first-order valence-corrected chi connectivity index (χ1v) is 8.16. The van der Waals surface area contributed by atoms with Gasteiger partial charge in [-0.05, 0) is 48.8 Å². The summed E-state index contributed by atoms with van der Waals surface area (Å²) in [6.07, 6.45) is 7.23. The van der Waals surface area contributed by atoms with Crippen LogP contribution in [0.15, 0.2) is 54.6 Å². The topological polar surface area (TPSA) is 49.3 Å². The fourth-order valence-electron chi connectivity index (χ4n) is 2.40. The van der Waals surface area contributed by atoms with Gasteiger partial charge in [-0.2, -0.15) is 0 Å². The summed E-state index contributed by atoms with van der Waals surface area (Å²) in [4.78, 5) is 10.3. The molecule has 124 valence electrons. The van der Waals surface area contributed by atoms with Crippen molar-refractivity contribution in [2.75, 3.05) is 7.05 Å². The highest BCUT2D eigenvalue weighted by Crippen LogP contribution is 2.11. The molecule has 3 heteroatoms. The lowest BCUT2D eigenvalue weighted by Crippen LogP contribution is -1.91. The molecule has 0 bridgehead atoms. The molecule has 3 nitrogen and oxygen atoms in total. The van der Waals surface area contributed by atoms with E-state index in [9.17, 15) is 4.79 Å². The first-order chi connectivity index (χ1) is 11.3. The van der Waals surface area contributed by atoms with Gasteiger partial charge < -0.3 is 10.0 Å². The molecule has 0 aliphatic carbocycles. The number of rotatable bonds is 8. The molecule has 0 saturated carbocycles. The molecular weight excluding hydrogens is 286 g/mol. The lowest BCUT2D eigenvalue weighted by Gasteiger charge is -2.04. The number of hydrogen-bond acceptors (Lipinski definition) is 3. The second-order valence-electron chi connectivity index (χ2n) is 5.44. The molecule has 2 N–H and O–H groups in total. The van der Waals surface area contributed by atoms with Gasteiger partial charge in [-0.3, -0.25) is 0 Å². The van der Waals surface area contributed by atoms with E-state index in [1.54, 1.807) is 5.48 Å². The highest BCUT2D eigenvalue weighted by Gasteiger charge is 1.97. The van der Waals surface area contributed by atoms with E-state index < -0.39 is 0 Å². The number of aryl methyl sites for hydroxylation is 3. The zero-order valence-corrected chi connectivity index (χ0v) is 13.9. The van der Waals surface area contributed by atoms with Crippen molar-refractivity contribution in [3.63, 3.8) is 0 Å². The minimum atomic E-state index is 0.621. The predicted molar refractivity (Wildman–Crippen MR) is 94.8 cm³/mol. The lowest BCUT2D eigenvalue weighted by atomic mass is 10.0. The van der Waals surface area contributed by atoms with Crippen LogP contribution in [0.4, 0.5) is 0 Å². The van der Waals surface area contributed by atoms with Gasteiger partial charge in [0.05, 0.1) is 0 Å². The monoisotopic (exact) mass is 313 g/mol. The van der Waals surface area contributed by atoms with Crippen LogP contribution in [0.3, 0.4) is 0 Å². The van der Waals surface area contributed by atoms with E-state index in [0.717, 1.165) is 25.5 Å². The van der Waals surface area contributed by atoms with E-state index >= 15 is 0 Å². The molecule has 0 atom stereocenters. The Bertz CT molecular complexity index is 523. The Hall–Kier alpha value is -1.97. The third kappa shape index (κ3) is 8.91. The van der Waals surface area contributed by atoms with Crippen LogP contribution in [0.5, 0.6) is 0 Å². The first kappa shape index (κ1) is 19.1. The number of carbonyl (C=O) groups is 1. The quantitative estimate of drug-likeness (QED) is 0.440. The van der Waals surface area contributed by atoms with Crippen LogP contribution in [0.25, 0.3) is 0 Å². The van der Waals surface area contributed by atoms with Gasteiger partial charge in [-0.25, -0.2) is 5.48 Å². The highest BCUT2D eigenvalue weighted by atomic mass is 16.5. The molecule has 2 aromatic rings. The number of carbonyl (C=O) groups excluding carboxylic acids is 1. The molecule has 2 rings (SSSR count). The number of hydroxylamine groups is 1. The van der Waals surface area contributed by atoms with E-state index in [1.165, 1.54) is 36.6 Å². The van der Waals surface area contributed by atoms with Crippen LogP contribution in [0.2, 0.25) is 0 Å². The van der Waals surface area contributed by atoms with Crippen molar-refractivity contribution in [3.8, 4) is 0 Å². The third-order valence-corrected chi connectivity index (χ3v) is 3.60. The Balaban J connectivity index is 0.000000816. The maximum atomic E-state index is 10.3. The normalized spacial score (nSPS) is 9.83. The van der Waals surface area contributed by atoms with Crippen molar-refractivity contribution >= 4 is 6.29 Å². The van der Waals surface area contributed by atoms with E-state index in [-0.39, 0.29) is 0 Å². The Labute approximate surface area is 139 Å². The van der Waals surface area contributed by atoms with Crippen molar-refractivity contribution in [1.29, 1.82) is 0 Å². The molecule has 0 unspecified atom stereocenters. The maximum absolute atomic E-state index is 10.3. The standard InChI is InChI=1S/C19H22O.CH5NO/c20-16-6-11-19-14-12-18(13-15-19)10-5-4-9-17-7-2-1-3-8-17;1-2-3/h1-3,7-8,12-16H,4-6,9-11H2;2-3H,1H3. The molecule has 0 saturated heterocycles. The van der Waals surface area contributed by atoms with E-state index in [2.05, 4.69) is 54.6 Å². The number of unbranched alkanes of at least 4 members (excludes halogenated alkanes) is 1. The van der Waals surface area contributed by atoms with Gasteiger partial charge in [-0.1, -0.05) is 54.6 Å². The molecule has 0 aromatic heterocycles. The summed E-state index contributed by atoms with van der Waals surface area (Å²) >= 11 is 0.